The van der Waals surface area contributed by atoms with Gasteiger partial charge in [0.2, 0.25) is 0 Å². The van der Waals surface area contributed by atoms with E-state index in [2.05, 4.69) is 15.5 Å². The van der Waals surface area contributed by atoms with Crippen molar-refractivity contribution in [3.05, 3.63) is 67.5 Å². The van der Waals surface area contributed by atoms with Gasteiger partial charge >= 0.3 is 5.97 Å². The number of halogens is 3. The first-order valence-electron chi connectivity index (χ1n) is 7.91. The number of carbonyl (C=O) groups is 2. The van der Waals surface area contributed by atoms with E-state index in [0.29, 0.717) is 21.5 Å². The van der Waals surface area contributed by atoms with Crippen LogP contribution in [0.15, 0.2) is 41.2 Å². The Morgan fingerprint density at radius 2 is 1.71 bits per heavy atom. The van der Waals surface area contributed by atoms with Gasteiger partial charge in [-0.05, 0) is 18.2 Å². The Morgan fingerprint density at radius 3 is 2.39 bits per heavy atom. The molecule has 1 heterocycles. The van der Waals surface area contributed by atoms with E-state index in [1.54, 1.807) is 24.3 Å². The number of nitrogens with one attached hydrogen (secondary N) is 2. The molecule has 0 aliphatic carbocycles. The van der Waals surface area contributed by atoms with Gasteiger partial charge in [-0.2, -0.15) is 5.10 Å². The van der Waals surface area contributed by atoms with Crippen LogP contribution in [0.1, 0.15) is 5.69 Å². The second-order valence-electron chi connectivity index (χ2n) is 5.68. The third-order valence-electron chi connectivity index (χ3n) is 3.72. The molecule has 10 heteroatoms. The van der Waals surface area contributed by atoms with Crippen molar-refractivity contribution in [1.82, 2.24) is 10.2 Å². The third kappa shape index (κ3) is 4.62. The number of hydrogen-bond acceptors (Lipinski definition) is 5. The van der Waals surface area contributed by atoms with E-state index in [1.807, 2.05) is 0 Å². The highest BCUT2D eigenvalue weighted by molar-refractivity contribution is 6.42. The first-order chi connectivity index (χ1) is 13.3. The predicted molar refractivity (Wildman–Crippen MR) is 107 cm³/mol. The molecule has 0 saturated carbocycles. The molecule has 0 saturated heterocycles. The summed E-state index contributed by atoms with van der Waals surface area (Å²) >= 11 is 17.8. The number of aromatic amines is 1. The second-order valence-corrected chi connectivity index (χ2v) is 6.93. The van der Waals surface area contributed by atoms with Gasteiger partial charge in [-0.25, -0.2) is 5.10 Å². The van der Waals surface area contributed by atoms with Crippen molar-refractivity contribution in [2.75, 3.05) is 11.9 Å². The van der Waals surface area contributed by atoms with Crippen molar-refractivity contribution < 1.29 is 14.3 Å². The van der Waals surface area contributed by atoms with Crippen LogP contribution in [-0.4, -0.2) is 28.7 Å². The highest BCUT2D eigenvalue weighted by Crippen LogP contribution is 2.33. The lowest BCUT2D eigenvalue weighted by Gasteiger charge is -2.10. The molecule has 0 atom stereocenters. The third-order valence-corrected chi connectivity index (χ3v) is 4.54. The Labute approximate surface area is 173 Å². The summed E-state index contributed by atoms with van der Waals surface area (Å²) in [6, 6.07) is 9.57. The molecule has 2 N–H and O–H groups in total. The number of aromatic nitrogens is 2. The summed E-state index contributed by atoms with van der Waals surface area (Å²) in [5, 5.41) is 10.2. The molecular weight excluding hydrogens is 429 g/mol. The number of amides is 1. The Balaban J connectivity index is 1.63. The van der Waals surface area contributed by atoms with E-state index in [-0.39, 0.29) is 27.7 Å². The molecule has 0 aliphatic rings. The van der Waals surface area contributed by atoms with Crippen molar-refractivity contribution >= 4 is 63.1 Å². The zero-order chi connectivity index (χ0) is 20.3. The smallest absolute Gasteiger partial charge is 0.312 e. The molecule has 2 aromatic carbocycles. The van der Waals surface area contributed by atoms with E-state index in [1.165, 1.54) is 12.1 Å². The summed E-state index contributed by atoms with van der Waals surface area (Å²) < 4.78 is 4.97. The fraction of sp³-hybridized carbons (Fsp3) is 0.111. The van der Waals surface area contributed by atoms with Gasteiger partial charge in [0.25, 0.3) is 11.5 Å². The molecule has 144 valence electrons. The number of hydrogen-bond donors (Lipinski definition) is 2. The number of H-pyrrole nitrogens is 1. The highest BCUT2D eigenvalue weighted by Gasteiger charge is 2.15. The number of fused-ring (bicyclic) bond motifs is 1. The molecule has 0 aliphatic heterocycles. The summed E-state index contributed by atoms with van der Waals surface area (Å²) in [5.41, 5.74) is 0.148. The van der Waals surface area contributed by atoms with Crippen LogP contribution in [0, 0.1) is 0 Å². The molecule has 0 unspecified atom stereocenters. The van der Waals surface area contributed by atoms with E-state index in [0.717, 1.165) is 0 Å². The number of nitrogens with zero attached hydrogens (tertiary/aromatic N) is 1. The van der Waals surface area contributed by atoms with Gasteiger partial charge in [0.05, 0.1) is 33.2 Å². The van der Waals surface area contributed by atoms with Gasteiger partial charge in [0.15, 0.2) is 6.61 Å². The van der Waals surface area contributed by atoms with Crippen LogP contribution in [0.5, 0.6) is 0 Å². The van der Waals surface area contributed by atoms with E-state index in [4.69, 9.17) is 39.5 Å². The van der Waals surface area contributed by atoms with Gasteiger partial charge < -0.3 is 10.1 Å². The normalized spacial score (nSPS) is 10.7. The number of rotatable bonds is 5. The molecule has 28 heavy (non-hydrogen) atoms. The summed E-state index contributed by atoms with van der Waals surface area (Å²) in [7, 11) is 0. The lowest BCUT2D eigenvalue weighted by molar-refractivity contribution is -0.146. The molecule has 0 fully saturated rings. The molecule has 0 bridgehead atoms. The number of esters is 1. The Bertz CT molecular complexity index is 1110. The quantitative estimate of drug-likeness (QED) is 0.590. The van der Waals surface area contributed by atoms with Crippen LogP contribution in [0.3, 0.4) is 0 Å². The van der Waals surface area contributed by atoms with Crippen molar-refractivity contribution in [3.8, 4) is 0 Å². The van der Waals surface area contributed by atoms with Crippen molar-refractivity contribution in [3.63, 3.8) is 0 Å². The number of benzene rings is 2. The molecule has 1 aromatic heterocycles. The van der Waals surface area contributed by atoms with Crippen LogP contribution >= 0.6 is 34.8 Å². The maximum atomic E-state index is 12.1. The number of ether oxygens (including phenoxy) is 1. The van der Waals surface area contributed by atoms with E-state index < -0.39 is 18.5 Å². The second kappa shape index (κ2) is 8.60. The average Bonchev–Trinajstić information content (AvgIpc) is 2.65. The van der Waals surface area contributed by atoms with Gasteiger partial charge in [0.1, 0.15) is 0 Å². The maximum absolute atomic E-state index is 12.1. The topological polar surface area (TPSA) is 101 Å². The van der Waals surface area contributed by atoms with Crippen LogP contribution in [0.25, 0.3) is 10.8 Å². The van der Waals surface area contributed by atoms with Crippen LogP contribution in [0.2, 0.25) is 15.1 Å². The van der Waals surface area contributed by atoms with Gasteiger partial charge in [0, 0.05) is 10.4 Å². The van der Waals surface area contributed by atoms with Gasteiger partial charge in [-0.1, -0.05) is 53.0 Å². The minimum absolute atomic E-state index is 0.154. The molecule has 0 radical (unpaired) electrons. The van der Waals surface area contributed by atoms with Crippen LogP contribution in [0.4, 0.5) is 5.69 Å². The molecule has 7 nitrogen and oxygen atoms in total. The largest absolute Gasteiger partial charge is 0.455 e. The minimum atomic E-state index is -0.687. The molecule has 0 spiro atoms. The standard InChI is InChI=1S/C18H12Cl3N3O4/c19-9-5-12(20)17(13(21)6-9)22-15(25)8-28-16(26)7-14-10-3-1-2-4-11(10)18(27)24-23-14/h1-6H,7-8H2,(H,22,25)(H,24,27). The monoisotopic (exact) mass is 439 g/mol. The molecule has 3 rings (SSSR count). The summed E-state index contributed by atoms with van der Waals surface area (Å²) in [6.07, 6.45) is -0.215. The SMILES string of the molecule is O=C(COC(=O)Cc1n[nH]c(=O)c2ccccc12)Nc1c(Cl)cc(Cl)cc1Cl. The first kappa shape index (κ1) is 20.1. The van der Waals surface area contributed by atoms with Crippen molar-refractivity contribution in [1.29, 1.82) is 0 Å². The van der Waals surface area contributed by atoms with E-state index >= 15 is 0 Å². The Hall–Kier alpha value is -2.61. The summed E-state index contributed by atoms with van der Waals surface area (Å²) in [5.74, 6) is -1.31. The van der Waals surface area contributed by atoms with Crippen LogP contribution < -0.4 is 10.9 Å². The van der Waals surface area contributed by atoms with Gasteiger partial charge in [-0.15, -0.1) is 0 Å². The fourth-order valence-electron chi connectivity index (χ4n) is 2.48. The Kier molecular flexibility index (Phi) is 6.18. The van der Waals surface area contributed by atoms with Crippen molar-refractivity contribution in [2.45, 2.75) is 6.42 Å². The van der Waals surface area contributed by atoms with E-state index in [9.17, 15) is 14.4 Å². The molecule has 3 aromatic rings. The highest BCUT2D eigenvalue weighted by atomic mass is 35.5. The zero-order valence-corrected chi connectivity index (χ0v) is 16.4. The summed E-state index contributed by atoms with van der Waals surface area (Å²) in [6.45, 7) is -0.546. The number of carbonyl (C=O) groups excluding carboxylic acids is 2. The van der Waals surface area contributed by atoms with Crippen LogP contribution in [-0.2, 0) is 20.7 Å². The lowest BCUT2D eigenvalue weighted by Crippen LogP contribution is -2.22. The maximum Gasteiger partial charge on any atom is 0.312 e. The molecule has 1 amide bonds. The first-order valence-corrected chi connectivity index (χ1v) is 9.05. The van der Waals surface area contributed by atoms with Gasteiger partial charge in [-0.3, -0.25) is 14.4 Å². The van der Waals surface area contributed by atoms with Crippen molar-refractivity contribution in [2.24, 2.45) is 0 Å². The Morgan fingerprint density at radius 1 is 1.07 bits per heavy atom. The lowest BCUT2D eigenvalue weighted by atomic mass is 10.1. The zero-order valence-electron chi connectivity index (χ0n) is 14.1. The molecular formula is C18H12Cl3N3O4. The number of anilines is 1. The minimum Gasteiger partial charge on any atom is -0.455 e. The fourth-order valence-corrected chi connectivity index (χ4v) is 3.39. The summed E-state index contributed by atoms with van der Waals surface area (Å²) in [4.78, 5) is 35.9. The predicted octanol–water partition coefficient (Wildman–Crippen LogP) is 3.61. The average molecular weight is 441 g/mol.